The second-order valence-electron chi connectivity index (χ2n) is 5.11. The van der Waals surface area contributed by atoms with Crippen molar-refractivity contribution in [1.29, 1.82) is 0 Å². The van der Waals surface area contributed by atoms with Crippen LogP contribution in [0.1, 0.15) is 16.8 Å². The Bertz CT molecular complexity index is 758. The van der Waals surface area contributed by atoms with Crippen molar-refractivity contribution in [2.75, 3.05) is 6.54 Å². The van der Waals surface area contributed by atoms with Crippen LogP contribution in [0.3, 0.4) is 0 Å². The highest BCUT2D eigenvalue weighted by molar-refractivity contribution is 5.64. The van der Waals surface area contributed by atoms with Gasteiger partial charge in [0.25, 0.3) is 0 Å². The summed E-state index contributed by atoms with van der Waals surface area (Å²) in [6.45, 7) is 4.82. The summed E-state index contributed by atoms with van der Waals surface area (Å²) in [7, 11) is 0. The Labute approximate surface area is 118 Å². The summed E-state index contributed by atoms with van der Waals surface area (Å²) >= 11 is 0. The second kappa shape index (κ2) is 5.06. The molecule has 4 heteroatoms. The van der Waals surface area contributed by atoms with Crippen LogP contribution in [-0.2, 0) is 6.42 Å². The number of fused-ring (bicyclic) bond motifs is 1. The van der Waals surface area contributed by atoms with Crippen LogP contribution in [0.25, 0.3) is 16.9 Å². The lowest BCUT2D eigenvalue weighted by Crippen LogP contribution is -2.02. The van der Waals surface area contributed by atoms with E-state index < -0.39 is 0 Å². The molecule has 2 N–H and O–H groups in total. The Balaban J connectivity index is 2.07. The zero-order valence-electron chi connectivity index (χ0n) is 11.8. The second-order valence-corrected chi connectivity index (χ2v) is 5.11. The Morgan fingerprint density at radius 2 is 2.00 bits per heavy atom. The highest BCUT2D eigenvalue weighted by Gasteiger charge is 2.07. The predicted octanol–water partition coefficient (Wildman–Crippen LogP) is 2.51. The van der Waals surface area contributed by atoms with Gasteiger partial charge in [0, 0.05) is 12.0 Å². The first-order valence-corrected chi connectivity index (χ1v) is 6.80. The molecule has 3 aromatic rings. The van der Waals surface area contributed by atoms with Gasteiger partial charge in [-0.3, -0.25) is 0 Å². The molecule has 0 aliphatic carbocycles. The van der Waals surface area contributed by atoms with Crippen LogP contribution in [0.15, 0.2) is 36.5 Å². The van der Waals surface area contributed by atoms with Gasteiger partial charge < -0.3 is 5.73 Å². The number of rotatable bonds is 3. The topological polar surface area (TPSA) is 56.2 Å². The fraction of sp³-hybridized carbons (Fsp3) is 0.250. The maximum Gasteiger partial charge on any atom is 0.153 e. The van der Waals surface area contributed by atoms with Crippen LogP contribution in [0.4, 0.5) is 0 Å². The lowest BCUT2D eigenvalue weighted by Gasteiger charge is -2.06. The van der Waals surface area contributed by atoms with E-state index in [9.17, 15) is 0 Å². The van der Waals surface area contributed by atoms with Gasteiger partial charge in [0.1, 0.15) is 0 Å². The first-order valence-electron chi connectivity index (χ1n) is 6.80. The summed E-state index contributed by atoms with van der Waals surface area (Å²) in [6, 6.07) is 10.4. The average molecular weight is 266 g/mol. The third-order valence-corrected chi connectivity index (χ3v) is 3.43. The third kappa shape index (κ3) is 2.30. The van der Waals surface area contributed by atoms with E-state index in [4.69, 9.17) is 5.73 Å². The smallest absolute Gasteiger partial charge is 0.153 e. The molecule has 0 bridgehead atoms. The van der Waals surface area contributed by atoms with E-state index in [2.05, 4.69) is 42.1 Å². The van der Waals surface area contributed by atoms with Crippen LogP contribution in [-0.4, -0.2) is 21.1 Å². The molecule has 0 saturated heterocycles. The Morgan fingerprint density at radius 1 is 1.15 bits per heavy atom. The fourth-order valence-electron chi connectivity index (χ4n) is 2.44. The summed E-state index contributed by atoms with van der Waals surface area (Å²) < 4.78 is 1.83. The van der Waals surface area contributed by atoms with Gasteiger partial charge in [-0.2, -0.15) is 5.10 Å². The van der Waals surface area contributed by atoms with E-state index in [-0.39, 0.29) is 0 Å². The Morgan fingerprint density at radius 3 is 2.75 bits per heavy atom. The van der Waals surface area contributed by atoms with Gasteiger partial charge in [-0.15, -0.1) is 0 Å². The van der Waals surface area contributed by atoms with Crippen LogP contribution in [0.5, 0.6) is 0 Å². The standard InChI is InChI=1S/C16H18N4/c1-11-3-4-14(12(2)9-11)15-5-6-16-18-13(7-8-17)10-20(16)19-15/h3-6,9-10H,7-8,17H2,1-2H3. The predicted molar refractivity (Wildman–Crippen MR) is 80.7 cm³/mol. The van der Waals surface area contributed by atoms with Crippen molar-refractivity contribution in [3.05, 3.63) is 53.3 Å². The molecule has 1 aromatic carbocycles. The molecule has 0 aliphatic rings. The van der Waals surface area contributed by atoms with Crippen molar-refractivity contribution in [2.24, 2.45) is 5.73 Å². The van der Waals surface area contributed by atoms with Gasteiger partial charge in [-0.1, -0.05) is 23.8 Å². The van der Waals surface area contributed by atoms with Crippen LogP contribution in [0.2, 0.25) is 0 Å². The number of nitrogens with zero attached hydrogens (tertiary/aromatic N) is 3. The molecule has 4 nitrogen and oxygen atoms in total. The molecule has 2 heterocycles. The van der Waals surface area contributed by atoms with E-state index in [0.717, 1.165) is 29.0 Å². The van der Waals surface area contributed by atoms with Gasteiger partial charge in [0.05, 0.1) is 17.6 Å². The number of imidazole rings is 1. The molecule has 20 heavy (non-hydrogen) atoms. The Kier molecular flexibility index (Phi) is 3.24. The van der Waals surface area contributed by atoms with E-state index >= 15 is 0 Å². The minimum Gasteiger partial charge on any atom is -0.330 e. The first kappa shape index (κ1) is 12.8. The number of aryl methyl sites for hydroxylation is 2. The molecule has 0 unspecified atom stereocenters. The van der Waals surface area contributed by atoms with Crippen LogP contribution < -0.4 is 5.73 Å². The number of nitrogens with two attached hydrogens (primary N) is 1. The van der Waals surface area contributed by atoms with Crippen LogP contribution >= 0.6 is 0 Å². The van der Waals surface area contributed by atoms with Gasteiger partial charge in [0.2, 0.25) is 0 Å². The van der Waals surface area contributed by atoms with E-state index in [1.807, 2.05) is 22.8 Å². The monoisotopic (exact) mass is 266 g/mol. The third-order valence-electron chi connectivity index (χ3n) is 3.43. The molecule has 102 valence electrons. The SMILES string of the molecule is Cc1ccc(-c2ccc3nc(CCN)cn3n2)c(C)c1. The largest absolute Gasteiger partial charge is 0.330 e. The maximum absolute atomic E-state index is 5.57. The van der Waals surface area contributed by atoms with Gasteiger partial charge in [0.15, 0.2) is 5.65 Å². The van der Waals surface area contributed by atoms with E-state index in [1.165, 1.54) is 11.1 Å². The zero-order chi connectivity index (χ0) is 14.1. The van der Waals surface area contributed by atoms with Gasteiger partial charge >= 0.3 is 0 Å². The molecular weight excluding hydrogens is 248 g/mol. The molecule has 0 spiro atoms. The number of aromatic nitrogens is 3. The normalized spacial score (nSPS) is 11.2. The molecule has 0 fully saturated rings. The molecule has 0 aliphatic heterocycles. The Hall–Kier alpha value is -2.20. The minimum atomic E-state index is 0.605. The quantitative estimate of drug-likeness (QED) is 0.792. The van der Waals surface area contributed by atoms with Crippen molar-refractivity contribution >= 4 is 5.65 Å². The number of benzene rings is 1. The van der Waals surface area contributed by atoms with Gasteiger partial charge in [-0.25, -0.2) is 9.50 Å². The average Bonchev–Trinajstić information content (AvgIpc) is 2.80. The summed E-state index contributed by atoms with van der Waals surface area (Å²) in [6.07, 6.45) is 2.73. The van der Waals surface area contributed by atoms with Crippen molar-refractivity contribution in [3.8, 4) is 11.3 Å². The first-order chi connectivity index (χ1) is 9.67. The number of hydrogen-bond acceptors (Lipinski definition) is 3. The molecule has 0 saturated carbocycles. The molecule has 0 amide bonds. The molecule has 2 aromatic heterocycles. The highest BCUT2D eigenvalue weighted by atomic mass is 15.2. The van der Waals surface area contributed by atoms with Crippen molar-refractivity contribution in [2.45, 2.75) is 20.3 Å². The summed E-state index contributed by atoms with van der Waals surface area (Å²) in [5.41, 5.74) is 12.0. The summed E-state index contributed by atoms with van der Waals surface area (Å²) in [5, 5.41) is 4.65. The maximum atomic E-state index is 5.57. The van der Waals surface area contributed by atoms with Crippen molar-refractivity contribution in [3.63, 3.8) is 0 Å². The van der Waals surface area contributed by atoms with E-state index in [0.29, 0.717) is 6.54 Å². The molecular formula is C16H18N4. The highest BCUT2D eigenvalue weighted by Crippen LogP contribution is 2.22. The summed E-state index contributed by atoms with van der Waals surface area (Å²) in [4.78, 5) is 4.49. The zero-order valence-corrected chi connectivity index (χ0v) is 11.8. The minimum absolute atomic E-state index is 0.605. The van der Waals surface area contributed by atoms with E-state index in [1.54, 1.807) is 0 Å². The van der Waals surface area contributed by atoms with Crippen LogP contribution in [0, 0.1) is 13.8 Å². The lowest BCUT2D eigenvalue weighted by molar-refractivity contribution is 0.917. The van der Waals surface area contributed by atoms with Crippen molar-refractivity contribution in [1.82, 2.24) is 14.6 Å². The van der Waals surface area contributed by atoms with Crippen molar-refractivity contribution < 1.29 is 0 Å². The molecule has 3 rings (SSSR count). The summed E-state index contributed by atoms with van der Waals surface area (Å²) in [5.74, 6) is 0. The molecule has 0 atom stereocenters. The molecule has 0 radical (unpaired) electrons. The fourth-order valence-corrected chi connectivity index (χ4v) is 2.44. The number of hydrogen-bond donors (Lipinski definition) is 1. The lowest BCUT2D eigenvalue weighted by atomic mass is 10.0. The van der Waals surface area contributed by atoms with Gasteiger partial charge in [-0.05, 0) is 38.1 Å².